The highest BCUT2D eigenvalue weighted by Gasteiger charge is 2.04. The van der Waals surface area contributed by atoms with Crippen molar-refractivity contribution in [2.24, 2.45) is 0 Å². The van der Waals surface area contributed by atoms with Gasteiger partial charge in [0.05, 0.1) is 0 Å². The molecular formula is C12H16BrN. The van der Waals surface area contributed by atoms with E-state index < -0.39 is 0 Å². The molecule has 0 fully saturated rings. The van der Waals surface area contributed by atoms with Gasteiger partial charge in [0, 0.05) is 10.2 Å². The fraction of sp³-hybridized carbons (Fsp3) is 0.417. The number of nitrogens with one attached hydrogen (secondary N) is 1. The Kier molecular flexibility index (Phi) is 4.33. The van der Waals surface area contributed by atoms with Crippen molar-refractivity contribution in [1.82, 2.24) is 0 Å². The highest BCUT2D eigenvalue weighted by atomic mass is 79.9. The molecule has 1 N–H and O–H groups in total. The van der Waals surface area contributed by atoms with Crippen LogP contribution in [0.5, 0.6) is 0 Å². The van der Waals surface area contributed by atoms with Crippen molar-refractivity contribution in [3.8, 4) is 0 Å². The molecule has 0 radical (unpaired) electrons. The third-order valence-electron chi connectivity index (χ3n) is 2.27. The smallest absolute Gasteiger partial charge is 0.0358 e. The van der Waals surface area contributed by atoms with Crippen LogP contribution in [0.25, 0.3) is 0 Å². The van der Waals surface area contributed by atoms with Gasteiger partial charge in [0.2, 0.25) is 0 Å². The van der Waals surface area contributed by atoms with Gasteiger partial charge in [-0.05, 0) is 43.0 Å². The van der Waals surface area contributed by atoms with Gasteiger partial charge in [0.1, 0.15) is 0 Å². The van der Waals surface area contributed by atoms with Crippen LogP contribution in [0.1, 0.15) is 37.8 Å². The third-order valence-corrected chi connectivity index (χ3v) is 2.76. The Hall–Kier alpha value is -0.630. The summed E-state index contributed by atoms with van der Waals surface area (Å²) in [6.45, 7) is 4.04. The molecule has 0 aliphatic carbocycles. The number of hydrogen-bond acceptors (Lipinski definition) is 1. The number of hydrogen-bond donors (Lipinski definition) is 1. The van der Waals surface area contributed by atoms with E-state index in [0.29, 0.717) is 5.71 Å². The molecule has 0 saturated carbocycles. The Balaban J connectivity index is 2.97. The third kappa shape index (κ3) is 2.95. The molecule has 14 heavy (non-hydrogen) atoms. The van der Waals surface area contributed by atoms with Crippen LogP contribution < -0.4 is 0 Å². The number of halogens is 1. The molecule has 0 aromatic heterocycles. The van der Waals surface area contributed by atoms with Crippen LogP contribution in [0.2, 0.25) is 0 Å². The fourth-order valence-electron chi connectivity index (χ4n) is 1.50. The summed E-state index contributed by atoms with van der Waals surface area (Å²) in [5.74, 6) is 0. The monoisotopic (exact) mass is 253 g/mol. The molecule has 1 aromatic carbocycles. The molecule has 76 valence electrons. The molecule has 0 bridgehead atoms. The van der Waals surface area contributed by atoms with Gasteiger partial charge in [-0.15, -0.1) is 0 Å². The Morgan fingerprint density at radius 3 is 2.71 bits per heavy atom. The quantitative estimate of drug-likeness (QED) is 0.779. The molecule has 0 atom stereocenters. The minimum atomic E-state index is 0.656. The van der Waals surface area contributed by atoms with Gasteiger partial charge in [-0.1, -0.05) is 35.3 Å². The Bertz CT molecular complexity index is 331. The molecule has 0 saturated heterocycles. The van der Waals surface area contributed by atoms with Crippen molar-refractivity contribution in [2.45, 2.75) is 33.1 Å². The second-order valence-electron chi connectivity index (χ2n) is 3.53. The fourth-order valence-corrected chi connectivity index (χ4v) is 1.91. The van der Waals surface area contributed by atoms with E-state index in [9.17, 15) is 0 Å². The Labute approximate surface area is 94.2 Å². The van der Waals surface area contributed by atoms with Gasteiger partial charge in [0.15, 0.2) is 0 Å². The van der Waals surface area contributed by atoms with Crippen LogP contribution in [-0.4, -0.2) is 5.71 Å². The summed E-state index contributed by atoms with van der Waals surface area (Å²) in [7, 11) is 0. The molecule has 2 heteroatoms. The number of benzene rings is 1. The zero-order valence-electron chi connectivity index (χ0n) is 8.73. The lowest BCUT2D eigenvalue weighted by Gasteiger charge is -2.08. The number of aryl methyl sites for hydroxylation is 1. The molecule has 0 amide bonds. The van der Waals surface area contributed by atoms with E-state index >= 15 is 0 Å². The maximum Gasteiger partial charge on any atom is 0.0358 e. The summed E-state index contributed by atoms with van der Waals surface area (Å²) in [6, 6.07) is 6.16. The van der Waals surface area contributed by atoms with Gasteiger partial charge in [-0.3, -0.25) is 0 Å². The summed E-state index contributed by atoms with van der Waals surface area (Å²) in [4.78, 5) is 0. The molecule has 0 spiro atoms. The van der Waals surface area contributed by atoms with Gasteiger partial charge >= 0.3 is 0 Å². The minimum Gasteiger partial charge on any atom is -0.305 e. The lowest BCUT2D eigenvalue weighted by Crippen LogP contribution is -1.99. The molecule has 1 rings (SSSR count). The van der Waals surface area contributed by atoms with E-state index in [-0.39, 0.29) is 0 Å². The zero-order chi connectivity index (χ0) is 10.6. The maximum atomic E-state index is 7.67. The van der Waals surface area contributed by atoms with E-state index in [0.717, 1.165) is 16.5 Å². The molecule has 0 aliphatic heterocycles. The normalized spacial score (nSPS) is 10.2. The van der Waals surface area contributed by atoms with E-state index in [1.807, 2.05) is 19.1 Å². The average Bonchev–Trinajstić information content (AvgIpc) is 2.14. The second-order valence-corrected chi connectivity index (χ2v) is 4.45. The van der Waals surface area contributed by atoms with Crippen LogP contribution in [0.3, 0.4) is 0 Å². The van der Waals surface area contributed by atoms with Gasteiger partial charge < -0.3 is 5.41 Å². The first kappa shape index (κ1) is 11.4. The van der Waals surface area contributed by atoms with Crippen LogP contribution in [0.4, 0.5) is 0 Å². The summed E-state index contributed by atoms with van der Waals surface area (Å²) >= 11 is 3.47. The van der Waals surface area contributed by atoms with Crippen molar-refractivity contribution in [3.63, 3.8) is 0 Å². The van der Waals surface area contributed by atoms with Crippen LogP contribution in [0.15, 0.2) is 22.7 Å². The van der Waals surface area contributed by atoms with Gasteiger partial charge in [-0.2, -0.15) is 0 Å². The minimum absolute atomic E-state index is 0.656. The van der Waals surface area contributed by atoms with Crippen molar-refractivity contribution < 1.29 is 0 Å². The topological polar surface area (TPSA) is 23.9 Å². The molecular weight excluding hydrogens is 238 g/mol. The average molecular weight is 254 g/mol. The molecule has 0 aliphatic rings. The summed E-state index contributed by atoms with van der Waals surface area (Å²) in [6.07, 6.45) is 3.46. The van der Waals surface area contributed by atoms with Crippen LogP contribution >= 0.6 is 15.9 Å². The van der Waals surface area contributed by atoms with Crippen molar-refractivity contribution in [2.75, 3.05) is 0 Å². The predicted molar refractivity (Wildman–Crippen MR) is 65.3 cm³/mol. The molecule has 1 nitrogen and oxygen atoms in total. The lowest BCUT2D eigenvalue weighted by molar-refractivity contribution is 0.793. The van der Waals surface area contributed by atoms with E-state index in [2.05, 4.69) is 28.9 Å². The highest BCUT2D eigenvalue weighted by molar-refractivity contribution is 9.10. The first-order chi connectivity index (χ1) is 6.65. The van der Waals surface area contributed by atoms with E-state index in [1.54, 1.807) is 0 Å². The summed E-state index contributed by atoms with van der Waals surface area (Å²) in [5.41, 5.74) is 3.03. The van der Waals surface area contributed by atoms with Gasteiger partial charge in [-0.25, -0.2) is 0 Å². The maximum absolute atomic E-state index is 7.67. The molecule has 0 unspecified atom stereocenters. The standard InChI is InChI=1S/C12H16BrN/c1-3-4-5-10-8-11(13)6-7-12(10)9(2)14/h6-8,14H,3-5H2,1-2H3. The Morgan fingerprint density at radius 1 is 1.43 bits per heavy atom. The first-order valence-corrected chi connectivity index (χ1v) is 5.78. The largest absolute Gasteiger partial charge is 0.305 e. The number of rotatable bonds is 4. The summed E-state index contributed by atoms with van der Waals surface area (Å²) < 4.78 is 1.11. The van der Waals surface area contributed by atoms with Gasteiger partial charge in [0.25, 0.3) is 0 Å². The van der Waals surface area contributed by atoms with E-state index in [4.69, 9.17) is 5.41 Å². The highest BCUT2D eigenvalue weighted by Crippen LogP contribution is 2.19. The Morgan fingerprint density at radius 2 is 2.14 bits per heavy atom. The molecule has 1 aromatic rings. The van der Waals surface area contributed by atoms with E-state index in [1.165, 1.54) is 18.4 Å². The molecule has 0 heterocycles. The summed E-state index contributed by atoms with van der Waals surface area (Å²) in [5, 5.41) is 7.67. The number of unbranched alkanes of at least 4 members (excludes halogenated alkanes) is 1. The van der Waals surface area contributed by atoms with Crippen molar-refractivity contribution in [1.29, 1.82) is 5.41 Å². The lowest BCUT2D eigenvalue weighted by atomic mass is 9.99. The van der Waals surface area contributed by atoms with Crippen molar-refractivity contribution >= 4 is 21.6 Å². The first-order valence-electron chi connectivity index (χ1n) is 4.99. The van der Waals surface area contributed by atoms with Crippen LogP contribution in [0, 0.1) is 5.41 Å². The van der Waals surface area contributed by atoms with Crippen molar-refractivity contribution in [3.05, 3.63) is 33.8 Å². The SMILES string of the molecule is CCCCc1cc(Br)ccc1C(C)=N. The predicted octanol–water partition coefficient (Wildman–Crippen LogP) is 4.18. The second kappa shape index (κ2) is 5.30. The van der Waals surface area contributed by atoms with Crippen LogP contribution in [-0.2, 0) is 6.42 Å². The zero-order valence-corrected chi connectivity index (χ0v) is 10.3.